The van der Waals surface area contributed by atoms with Gasteiger partial charge in [-0.1, -0.05) is 0 Å². The molecule has 1 aliphatic rings. The number of nitrogens with zero attached hydrogens (tertiary/aromatic N) is 3. The van der Waals surface area contributed by atoms with Gasteiger partial charge in [0.2, 0.25) is 5.91 Å². The van der Waals surface area contributed by atoms with Crippen LogP contribution >= 0.6 is 15.9 Å². The fraction of sp³-hybridized carbons (Fsp3) is 0.545. The highest BCUT2D eigenvalue weighted by molar-refractivity contribution is 9.10. The van der Waals surface area contributed by atoms with Gasteiger partial charge in [0.25, 0.3) is 5.56 Å². The molecular weight excluding hydrogens is 286 g/mol. The Balaban J connectivity index is 2.16. The zero-order valence-corrected chi connectivity index (χ0v) is 11.4. The molecule has 1 aromatic heterocycles. The molecule has 1 aliphatic carbocycles. The topological polar surface area (TPSA) is 55.2 Å². The van der Waals surface area contributed by atoms with E-state index in [9.17, 15) is 9.59 Å². The van der Waals surface area contributed by atoms with Crippen LogP contribution in [0.3, 0.4) is 0 Å². The van der Waals surface area contributed by atoms with Crippen molar-refractivity contribution < 1.29 is 4.79 Å². The van der Waals surface area contributed by atoms with Gasteiger partial charge < -0.3 is 4.90 Å². The van der Waals surface area contributed by atoms with Crippen molar-refractivity contribution in [2.75, 3.05) is 7.05 Å². The number of rotatable bonds is 3. The van der Waals surface area contributed by atoms with E-state index in [1.54, 1.807) is 18.9 Å². The predicted octanol–water partition coefficient (Wildman–Crippen LogP) is 0.935. The molecule has 1 aromatic rings. The maximum Gasteiger partial charge on any atom is 0.268 e. The second-order valence-electron chi connectivity index (χ2n) is 4.31. The Morgan fingerprint density at radius 1 is 1.65 bits per heavy atom. The van der Waals surface area contributed by atoms with Crippen LogP contribution in [0.25, 0.3) is 0 Å². The van der Waals surface area contributed by atoms with Gasteiger partial charge in [-0.2, -0.15) is 0 Å². The van der Waals surface area contributed by atoms with Crippen LogP contribution in [-0.2, 0) is 11.3 Å². The standard InChI is InChI=1S/C11H14BrN3O2/c1-7-10(12)11(17)15(6-13-7)5-9(16)14(2)8-3-4-8/h6,8H,3-5H2,1-2H3. The zero-order valence-electron chi connectivity index (χ0n) is 9.81. The first-order valence-corrected chi connectivity index (χ1v) is 6.27. The molecule has 2 rings (SSSR count). The number of carbonyl (C=O) groups excluding carboxylic acids is 1. The summed E-state index contributed by atoms with van der Waals surface area (Å²) in [6, 6.07) is 0.361. The molecule has 0 spiro atoms. The van der Waals surface area contributed by atoms with Crippen molar-refractivity contribution in [3.63, 3.8) is 0 Å². The molecule has 0 atom stereocenters. The van der Waals surface area contributed by atoms with E-state index in [1.165, 1.54) is 10.9 Å². The minimum Gasteiger partial charge on any atom is -0.341 e. The van der Waals surface area contributed by atoms with Gasteiger partial charge in [-0.05, 0) is 35.7 Å². The highest BCUT2D eigenvalue weighted by Crippen LogP contribution is 2.25. The Kier molecular flexibility index (Phi) is 3.33. The van der Waals surface area contributed by atoms with Crippen LogP contribution in [0.15, 0.2) is 15.6 Å². The van der Waals surface area contributed by atoms with Crippen LogP contribution in [0.1, 0.15) is 18.5 Å². The lowest BCUT2D eigenvalue weighted by atomic mass is 10.4. The third kappa shape index (κ3) is 2.57. The smallest absolute Gasteiger partial charge is 0.268 e. The van der Waals surface area contributed by atoms with Gasteiger partial charge >= 0.3 is 0 Å². The minimum atomic E-state index is -0.213. The molecule has 92 valence electrons. The monoisotopic (exact) mass is 299 g/mol. The molecule has 5 nitrogen and oxygen atoms in total. The fourth-order valence-electron chi connectivity index (χ4n) is 1.58. The van der Waals surface area contributed by atoms with Crippen LogP contribution in [0.4, 0.5) is 0 Å². The molecule has 0 bridgehead atoms. The van der Waals surface area contributed by atoms with Gasteiger partial charge in [-0.15, -0.1) is 0 Å². The van der Waals surface area contributed by atoms with E-state index in [1.807, 2.05) is 0 Å². The Morgan fingerprint density at radius 3 is 2.88 bits per heavy atom. The second-order valence-corrected chi connectivity index (χ2v) is 5.11. The number of aromatic nitrogens is 2. The van der Waals surface area contributed by atoms with Crippen LogP contribution in [0, 0.1) is 6.92 Å². The lowest BCUT2D eigenvalue weighted by Crippen LogP contribution is -2.35. The summed E-state index contributed by atoms with van der Waals surface area (Å²) >= 11 is 3.18. The molecule has 0 saturated heterocycles. The predicted molar refractivity (Wildman–Crippen MR) is 66.7 cm³/mol. The van der Waals surface area contributed by atoms with Gasteiger partial charge in [-0.25, -0.2) is 4.98 Å². The summed E-state index contributed by atoms with van der Waals surface area (Å²) in [7, 11) is 1.78. The summed E-state index contributed by atoms with van der Waals surface area (Å²) in [4.78, 5) is 29.5. The van der Waals surface area contributed by atoms with E-state index in [0.29, 0.717) is 16.2 Å². The van der Waals surface area contributed by atoms with Crippen molar-refractivity contribution in [2.45, 2.75) is 32.4 Å². The molecule has 1 amide bonds. The summed E-state index contributed by atoms with van der Waals surface area (Å²) in [6.07, 6.45) is 3.54. The molecule has 0 aromatic carbocycles. The average Bonchev–Trinajstić information content (AvgIpc) is 3.13. The van der Waals surface area contributed by atoms with Crippen molar-refractivity contribution in [1.29, 1.82) is 0 Å². The maximum atomic E-state index is 11.9. The second kappa shape index (κ2) is 4.60. The molecule has 0 N–H and O–H groups in total. The van der Waals surface area contributed by atoms with Gasteiger partial charge in [0, 0.05) is 13.1 Å². The van der Waals surface area contributed by atoms with Crippen molar-refractivity contribution >= 4 is 21.8 Å². The summed E-state index contributed by atoms with van der Waals surface area (Å²) in [5.41, 5.74) is 0.421. The SMILES string of the molecule is Cc1ncn(CC(=O)N(C)C2CC2)c(=O)c1Br. The number of likely N-dealkylation sites (N-methyl/N-ethyl adjacent to an activating group) is 1. The van der Waals surface area contributed by atoms with E-state index >= 15 is 0 Å². The quantitative estimate of drug-likeness (QED) is 0.834. The first kappa shape index (κ1) is 12.3. The largest absolute Gasteiger partial charge is 0.341 e. The molecule has 0 unspecified atom stereocenters. The van der Waals surface area contributed by atoms with Gasteiger partial charge in [0.05, 0.1) is 12.0 Å². The Labute approximate surface area is 108 Å². The maximum absolute atomic E-state index is 11.9. The summed E-state index contributed by atoms with van der Waals surface area (Å²) in [6.45, 7) is 1.80. The van der Waals surface area contributed by atoms with Crippen molar-refractivity contribution in [3.05, 3.63) is 26.8 Å². The van der Waals surface area contributed by atoms with Crippen LogP contribution in [0.2, 0.25) is 0 Å². The summed E-state index contributed by atoms with van der Waals surface area (Å²) < 4.78 is 1.75. The van der Waals surface area contributed by atoms with Crippen LogP contribution in [0.5, 0.6) is 0 Å². The van der Waals surface area contributed by atoms with Crippen molar-refractivity contribution in [1.82, 2.24) is 14.5 Å². The summed E-state index contributed by atoms with van der Waals surface area (Å²) in [5.74, 6) is -0.0489. The van der Waals surface area contributed by atoms with Crippen LogP contribution in [-0.4, -0.2) is 33.4 Å². The summed E-state index contributed by atoms with van der Waals surface area (Å²) in [5, 5.41) is 0. The number of carbonyl (C=O) groups is 1. The lowest BCUT2D eigenvalue weighted by Gasteiger charge is -2.16. The Bertz CT molecular complexity index is 508. The molecule has 1 fully saturated rings. The highest BCUT2D eigenvalue weighted by atomic mass is 79.9. The normalized spacial score (nSPS) is 14.8. The van der Waals surface area contributed by atoms with Crippen molar-refractivity contribution in [3.8, 4) is 0 Å². The Morgan fingerprint density at radius 2 is 2.29 bits per heavy atom. The molecular formula is C11H14BrN3O2. The zero-order chi connectivity index (χ0) is 12.6. The average molecular weight is 300 g/mol. The van der Waals surface area contributed by atoms with E-state index in [4.69, 9.17) is 0 Å². The van der Waals surface area contributed by atoms with Crippen molar-refractivity contribution in [2.24, 2.45) is 0 Å². The number of hydrogen-bond donors (Lipinski definition) is 0. The lowest BCUT2D eigenvalue weighted by molar-refractivity contribution is -0.131. The van der Waals surface area contributed by atoms with Gasteiger partial charge in [-0.3, -0.25) is 14.2 Å². The molecule has 1 saturated carbocycles. The third-order valence-corrected chi connectivity index (χ3v) is 3.86. The number of aryl methyl sites for hydroxylation is 1. The van der Waals surface area contributed by atoms with E-state index in [0.717, 1.165) is 12.8 Å². The Hall–Kier alpha value is -1.17. The van der Waals surface area contributed by atoms with Gasteiger partial charge in [0.1, 0.15) is 11.0 Å². The molecule has 0 aliphatic heterocycles. The highest BCUT2D eigenvalue weighted by Gasteiger charge is 2.29. The molecule has 1 heterocycles. The number of amides is 1. The first-order valence-electron chi connectivity index (χ1n) is 5.48. The van der Waals surface area contributed by atoms with E-state index in [2.05, 4.69) is 20.9 Å². The fourth-order valence-corrected chi connectivity index (χ4v) is 1.91. The molecule has 0 radical (unpaired) electrons. The number of halogens is 1. The van der Waals surface area contributed by atoms with Gasteiger partial charge in [0.15, 0.2) is 0 Å². The van der Waals surface area contributed by atoms with Crippen LogP contribution < -0.4 is 5.56 Å². The van der Waals surface area contributed by atoms with E-state index < -0.39 is 0 Å². The molecule has 17 heavy (non-hydrogen) atoms. The molecule has 6 heteroatoms. The third-order valence-electron chi connectivity index (χ3n) is 2.95. The number of hydrogen-bond acceptors (Lipinski definition) is 3. The first-order chi connectivity index (χ1) is 8.00. The van der Waals surface area contributed by atoms with E-state index in [-0.39, 0.29) is 18.0 Å². The minimum absolute atomic E-state index is 0.0489.